The van der Waals surface area contributed by atoms with E-state index in [9.17, 15) is 9.59 Å². The molecule has 2 aromatic rings. The first-order valence-corrected chi connectivity index (χ1v) is 10.1. The first-order chi connectivity index (χ1) is 13.3. The Kier molecular flexibility index (Phi) is 4.74. The van der Waals surface area contributed by atoms with Crippen molar-refractivity contribution < 1.29 is 9.59 Å². The number of fused-ring (bicyclic) bond motifs is 1. The molecule has 28 heavy (non-hydrogen) atoms. The summed E-state index contributed by atoms with van der Waals surface area (Å²) in [4.78, 5) is 27.7. The van der Waals surface area contributed by atoms with Crippen molar-refractivity contribution in [3.63, 3.8) is 0 Å². The maximum Gasteiger partial charge on any atom is 0.245 e. The standard InChI is InChI=1S/C24H28N2O2/c1-16-10-17(2)12-18(11-16)13-22(27)26-9-8-24(26,3)23(28)25-21-14-19-6-4-5-7-20(19)15-21/h4-7,10-12,21H,8-9,13-15H2,1-3H3,(H,25,28). The number of likely N-dealkylation sites (tertiary alicyclic amines) is 1. The van der Waals surface area contributed by atoms with Crippen LogP contribution in [0.3, 0.4) is 0 Å². The van der Waals surface area contributed by atoms with Crippen molar-refractivity contribution in [3.05, 3.63) is 70.3 Å². The molecule has 1 heterocycles. The van der Waals surface area contributed by atoms with Crippen molar-refractivity contribution in [3.8, 4) is 0 Å². The van der Waals surface area contributed by atoms with Crippen LogP contribution in [0.5, 0.6) is 0 Å². The minimum absolute atomic E-state index is 0.0228. The lowest BCUT2D eigenvalue weighted by Gasteiger charge is -2.49. The van der Waals surface area contributed by atoms with E-state index in [2.05, 4.69) is 35.6 Å². The first kappa shape index (κ1) is 18.7. The number of rotatable bonds is 4. The van der Waals surface area contributed by atoms with Gasteiger partial charge in [0, 0.05) is 12.6 Å². The van der Waals surface area contributed by atoms with Gasteiger partial charge < -0.3 is 10.2 Å². The highest BCUT2D eigenvalue weighted by Crippen LogP contribution is 2.32. The zero-order valence-electron chi connectivity index (χ0n) is 16.9. The molecule has 1 aliphatic carbocycles. The molecule has 2 amide bonds. The number of benzene rings is 2. The van der Waals surface area contributed by atoms with Crippen LogP contribution in [0.2, 0.25) is 0 Å². The predicted octanol–water partition coefficient (Wildman–Crippen LogP) is 3.12. The third-order valence-corrected chi connectivity index (χ3v) is 6.23. The van der Waals surface area contributed by atoms with Gasteiger partial charge in [0.15, 0.2) is 0 Å². The highest BCUT2D eigenvalue weighted by Gasteiger charge is 2.49. The number of aryl methyl sites for hydroxylation is 2. The molecule has 4 nitrogen and oxygen atoms in total. The van der Waals surface area contributed by atoms with Crippen LogP contribution in [0.25, 0.3) is 0 Å². The molecule has 1 unspecified atom stereocenters. The summed E-state index contributed by atoms with van der Waals surface area (Å²) in [6, 6.07) is 14.7. The molecule has 0 aromatic heterocycles. The van der Waals surface area contributed by atoms with E-state index in [1.165, 1.54) is 11.1 Å². The van der Waals surface area contributed by atoms with Crippen LogP contribution < -0.4 is 5.32 Å². The third-order valence-electron chi connectivity index (χ3n) is 6.23. The quantitative estimate of drug-likeness (QED) is 0.891. The maximum atomic E-state index is 13.0. The topological polar surface area (TPSA) is 49.4 Å². The third kappa shape index (κ3) is 3.44. The number of carbonyl (C=O) groups excluding carboxylic acids is 2. The number of nitrogens with zero attached hydrogens (tertiary/aromatic N) is 1. The van der Waals surface area contributed by atoms with Gasteiger partial charge in [-0.1, -0.05) is 53.6 Å². The van der Waals surface area contributed by atoms with Crippen LogP contribution in [0.1, 0.15) is 41.2 Å². The smallest absolute Gasteiger partial charge is 0.245 e. The van der Waals surface area contributed by atoms with Gasteiger partial charge >= 0.3 is 0 Å². The van der Waals surface area contributed by atoms with Crippen LogP contribution in [0.4, 0.5) is 0 Å². The van der Waals surface area contributed by atoms with Gasteiger partial charge in [0.2, 0.25) is 11.8 Å². The number of hydrogen-bond donors (Lipinski definition) is 1. The molecular formula is C24H28N2O2. The summed E-state index contributed by atoms with van der Waals surface area (Å²) in [6.45, 7) is 6.63. The summed E-state index contributed by atoms with van der Waals surface area (Å²) in [5, 5.41) is 3.20. The SMILES string of the molecule is Cc1cc(C)cc(CC(=O)N2CCC2(C)C(=O)NC2Cc3ccccc3C2)c1. The second-order valence-electron chi connectivity index (χ2n) is 8.59. The van der Waals surface area contributed by atoms with Crippen molar-refractivity contribution in [2.24, 2.45) is 0 Å². The van der Waals surface area contributed by atoms with Gasteiger partial charge in [-0.05, 0) is 56.7 Å². The van der Waals surface area contributed by atoms with E-state index in [4.69, 9.17) is 0 Å². The Bertz CT molecular complexity index is 891. The van der Waals surface area contributed by atoms with E-state index >= 15 is 0 Å². The molecule has 2 aliphatic rings. The number of amides is 2. The summed E-state index contributed by atoms with van der Waals surface area (Å²) >= 11 is 0. The average molecular weight is 377 g/mol. The van der Waals surface area contributed by atoms with Crippen molar-refractivity contribution >= 4 is 11.8 Å². The fourth-order valence-corrected chi connectivity index (χ4v) is 4.64. The Morgan fingerprint density at radius 1 is 1.07 bits per heavy atom. The lowest BCUT2D eigenvalue weighted by molar-refractivity contribution is -0.157. The van der Waals surface area contributed by atoms with E-state index in [0.29, 0.717) is 13.0 Å². The van der Waals surface area contributed by atoms with E-state index in [1.54, 1.807) is 4.90 Å². The normalized spacial score (nSPS) is 21.2. The van der Waals surface area contributed by atoms with Gasteiger partial charge in [0.05, 0.1) is 6.42 Å². The van der Waals surface area contributed by atoms with Crippen LogP contribution >= 0.6 is 0 Å². The molecular weight excluding hydrogens is 348 g/mol. The van der Waals surface area contributed by atoms with Crippen molar-refractivity contribution in [1.82, 2.24) is 10.2 Å². The second-order valence-corrected chi connectivity index (χ2v) is 8.59. The highest BCUT2D eigenvalue weighted by molar-refractivity contribution is 5.93. The molecule has 1 aliphatic heterocycles. The molecule has 0 spiro atoms. The molecule has 4 heteroatoms. The van der Waals surface area contributed by atoms with Crippen LogP contribution in [-0.4, -0.2) is 34.8 Å². The second kappa shape index (κ2) is 7.08. The first-order valence-electron chi connectivity index (χ1n) is 10.1. The summed E-state index contributed by atoms with van der Waals surface area (Å²) in [5.74, 6) is 0.00827. The summed E-state index contributed by atoms with van der Waals surface area (Å²) in [7, 11) is 0. The van der Waals surface area contributed by atoms with E-state index in [-0.39, 0.29) is 17.9 Å². The summed E-state index contributed by atoms with van der Waals surface area (Å²) in [6.07, 6.45) is 2.81. The van der Waals surface area contributed by atoms with Gasteiger partial charge in [-0.3, -0.25) is 9.59 Å². The lowest BCUT2D eigenvalue weighted by atomic mass is 9.84. The largest absolute Gasteiger partial charge is 0.351 e. The molecule has 0 radical (unpaired) electrons. The van der Waals surface area contributed by atoms with E-state index in [0.717, 1.165) is 36.0 Å². The van der Waals surface area contributed by atoms with Gasteiger partial charge in [-0.2, -0.15) is 0 Å². The predicted molar refractivity (Wildman–Crippen MR) is 110 cm³/mol. The Labute approximate surface area is 166 Å². The number of carbonyl (C=O) groups is 2. The Balaban J connectivity index is 1.40. The number of nitrogens with one attached hydrogen (secondary N) is 1. The van der Waals surface area contributed by atoms with Crippen LogP contribution in [-0.2, 0) is 28.9 Å². The van der Waals surface area contributed by atoms with E-state index in [1.807, 2.05) is 32.9 Å². The molecule has 1 fully saturated rings. The Morgan fingerprint density at radius 3 is 2.21 bits per heavy atom. The Hall–Kier alpha value is -2.62. The molecule has 1 N–H and O–H groups in total. The molecule has 2 aromatic carbocycles. The number of hydrogen-bond acceptors (Lipinski definition) is 2. The average Bonchev–Trinajstić information content (AvgIpc) is 3.01. The molecule has 1 saturated heterocycles. The van der Waals surface area contributed by atoms with Crippen LogP contribution in [0.15, 0.2) is 42.5 Å². The van der Waals surface area contributed by atoms with Gasteiger partial charge in [0.1, 0.15) is 5.54 Å². The zero-order chi connectivity index (χ0) is 19.9. The van der Waals surface area contributed by atoms with Crippen molar-refractivity contribution in [1.29, 1.82) is 0 Å². The molecule has 1 atom stereocenters. The minimum Gasteiger partial charge on any atom is -0.351 e. The monoisotopic (exact) mass is 376 g/mol. The van der Waals surface area contributed by atoms with Gasteiger partial charge in [-0.25, -0.2) is 0 Å². The maximum absolute atomic E-state index is 13.0. The zero-order valence-corrected chi connectivity index (χ0v) is 16.9. The lowest BCUT2D eigenvalue weighted by Crippen LogP contribution is -2.68. The van der Waals surface area contributed by atoms with Crippen molar-refractivity contribution in [2.45, 2.75) is 58.0 Å². The molecule has 0 saturated carbocycles. The summed E-state index contributed by atoms with van der Waals surface area (Å²) < 4.78 is 0. The van der Waals surface area contributed by atoms with Crippen molar-refractivity contribution in [2.75, 3.05) is 6.54 Å². The minimum atomic E-state index is -0.731. The molecule has 4 rings (SSSR count). The fraction of sp³-hybridized carbons (Fsp3) is 0.417. The fourth-order valence-electron chi connectivity index (χ4n) is 4.64. The van der Waals surface area contributed by atoms with Crippen LogP contribution in [0, 0.1) is 13.8 Å². The van der Waals surface area contributed by atoms with Gasteiger partial charge in [0.25, 0.3) is 0 Å². The molecule has 0 bridgehead atoms. The highest BCUT2D eigenvalue weighted by atomic mass is 16.2. The Morgan fingerprint density at radius 2 is 1.68 bits per heavy atom. The summed E-state index contributed by atoms with van der Waals surface area (Å²) in [5.41, 5.74) is 5.23. The van der Waals surface area contributed by atoms with Gasteiger partial charge in [-0.15, -0.1) is 0 Å². The molecule has 146 valence electrons. The van der Waals surface area contributed by atoms with E-state index < -0.39 is 5.54 Å².